The average molecular weight is 304 g/mol. The van der Waals surface area contributed by atoms with E-state index < -0.39 is 0 Å². The lowest BCUT2D eigenvalue weighted by atomic mass is 9.93. The summed E-state index contributed by atoms with van der Waals surface area (Å²) in [5, 5.41) is 6.20. The van der Waals surface area contributed by atoms with Gasteiger partial charge in [-0.05, 0) is 69.5 Å². The molecule has 2 rings (SSSR count). The average Bonchev–Trinajstić information content (AvgIpc) is 2.55. The van der Waals surface area contributed by atoms with Gasteiger partial charge in [0.2, 0.25) is 5.91 Å². The van der Waals surface area contributed by atoms with Crippen LogP contribution in [0.2, 0.25) is 0 Å². The first-order valence-electron chi connectivity index (χ1n) is 7.96. The molecular weight excluding hydrogens is 280 g/mol. The first-order chi connectivity index (χ1) is 10.7. The largest absolute Gasteiger partial charge is 0.462 e. The summed E-state index contributed by atoms with van der Waals surface area (Å²) in [7, 11) is 0. The molecule has 0 aliphatic carbocycles. The van der Waals surface area contributed by atoms with Crippen molar-refractivity contribution in [2.45, 2.75) is 32.6 Å². The number of rotatable bonds is 6. The van der Waals surface area contributed by atoms with Gasteiger partial charge in [0.05, 0.1) is 12.2 Å². The highest BCUT2D eigenvalue weighted by atomic mass is 16.5. The van der Waals surface area contributed by atoms with Gasteiger partial charge in [-0.1, -0.05) is 0 Å². The van der Waals surface area contributed by atoms with E-state index in [1.54, 1.807) is 31.2 Å². The number of benzene rings is 1. The molecule has 1 aromatic rings. The Hall–Kier alpha value is -1.88. The summed E-state index contributed by atoms with van der Waals surface area (Å²) in [5.41, 5.74) is 1.21. The molecule has 0 aromatic heterocycles. The van der Waals surface area contributed by atoms with Crippen LogP contribution >= 0.6 is 0 Å². The Morgan fingerprint density at radius 3 is 2.55 bits per heavy atom. The summed E-state index contributed by atoms with van der Waals surface area (Å²) in [6.07, 6.45) is 3.79. The molecule has 22 heavy (non-hydrogen) atoms. The molecule has 0 unspecified atom stereocenters. The van der Waals surface area contributed by atoms with Crippen LogP contribution in [0.15, 0.2) is 24.3 Å². The predicted molar refractivity (Wildman–Crippen MR) is 85.9 cm³/mol. The van der Waals surface area contributed by atoms with E-state index in [0.717, 1.165) is 32.4 Å². The minimum Gasteiger partial charge on any atom is -0.462 e. The standard InChI is InChI=1S/C17H24N2O3/c1-2-22-17(21)14-4-6-15(7-5-14)19-16(20)8-3-13-9-11-18-12-10-13/h4-7,13,18H,2-3,8-12H2,1H3,(H,19,20). The van der Waals surface area contributed by atoms with Crippen molar-refractivity contribution in [2.75, 3.05) is 25.0 Å². The number of hydrogen-bond acceptors (Lipinski definition) is 4. The quantitative estimate of drug-likeness (QED) is 0.793. The summed E-state index contributed by atoms with van der Waals surface area (Å²) < 4.78 is 4.92. The van der Waals surface area contributed by atoms with Crippen LogP contribution in [0.25, 0.3) is 0 Å². The Bertz CT molecular complexity index is 493. The van der Waals surface area contributed by atoms with Crippen molar-refractivity contribution in [1.82, 2.24) is 5.32 Å². The van der Waals surface area contributed by atoms with Gasteiger partial charge in [0, 0.05) is 12.1 Å². The molecule has 1 aliphatic rings. The third kappa shape index (κ3) is 5.15. The Balaban J connectivity index is 1.77. The van der Waals surface area contributed by atoms with Crippen molar-refractivity contribution in [3.8, 4) is 0 Å². The Kier molecular flexibility index (Phi) is 6.40. The maximum atomic E-state index is 12.0. The summed E-state index contributed by atoms with van der Waals surface area (Å²) in [6.45, 7) is 4.24. The molecule has 1 heterocycles. The lowest BCUT2D eigenvalue weighted by Gasteiger charge is -2.22. The molecule has 0 bridgehead atoms. The number of amides is 1. The number of carbonyl (C=O) groups excluding carboxylic acids is 2. The first kappa shape index (κ1) is 16.5. The van der Waals surface area contributed by atoms with Crippen molar-refractivity contribution in [3.63, 3.8) is 0 Å². The maximum Gasteiger partial charge on any atom is 0.338 e. The summed E-state index contributed by atoms with van der Waals surface area (Å²) in [4.78, 5) is 23.5. The van der Waals surface area contributed by atoms with Crippen LogP contribution in [-0.4, -0.2) is 31.6 Å². The second kappa shape index (κ2) is 8.54. The van der Waals surface area contributed by atoms with E-state index in [1.165, 1.54) is 0 Å². The Morgan fingerprint density at radius 2 is 1.91 bits per heavy atom. The van der Waals surface area contributed by atoms with Crippen molar-refractivity contribution in [1.29, 1.82) is 0 Å². The van der Waals surface area contributed by atoms with Crippen LogP contribution in [0.4, 0.5) is 5.69 Å². The topological polar surface area (TPSA) is 67.4 Å². The zero-order valence-electron chi connectivity index (χ0n) is 13.1. The second-order valence-electron chi connectivity index (χ2n) is 5.58. The van der Waals surface area contributed by atoms with Crippen LogP contribution in [0.1, 0.15) is 43.0 Å². The van der Waals surface area contributed by atoms with Crippen molar-refractivity contribution < 1.29 is 14.3 Å². The van der Waals surface area contributed by atoms with Gasteiger partial charge >= 0.3 is 5.97 Å². The molecule has 0 radical (unpaired) electrons. The lowest BCUT2D eigenvalue weighted by Crippen LogP contribution is -2.28. The number of hydrogen-bond donors (Lipinski definition) is 2. The van der Waals surface area contributed by atoms with Crippen LogP contribution in [0.3, 0.4) is 0 Å². The Morgan fingerprint density at radius 1 is 1.23 bits per heavy atom. The van der Waals surface area contributed by atoms with Crippen LogP contribution in [0, 0.1) is 5.92 Å². The summed E-state index contributed by atoms with van der Waals surface area (Å²) in [5.74, 6) is 0.340. The highest BCUT2D eigenvalue weighted by Crippen LogP contribution is 2.18. The van der Waals surface area contributed by atoms with E-state index in [4.69, 9.17) is 4.74 Å². The fourth-order valence-electron chi connectivity index (χ4n) is 2.63. The van der Waals surface area contributed by atoms with Gasteiger partial charge in [-0.25, -0.2) is 4.79 Å². The SMILES string of the molecule is CCOC(=O)c1ccc(NC(=O)CCC2CCNCC2)cc1. The van der Waals surface area contributed by atoms with E-state index in [0.29, 0.717) is 30.2 Å². The second-order valence-corrected chi connectivity index (χ2v) is 5.58. The van der Waals surface area contributed by atoms with Crippen molar-refractivity contribution >= 4 is 17.6 Å². The highest BCUT2D eigenvalue weighted by molar-refractivity contribution is 5.93. The van der Waals surface area contributed by atoms with E-state index in [-0.39, 0.29) is 11.9 Å². The maximum absolute atomic E-state index is 12.0. The molecule has 1 saturated heterocycles. The third-order valence-corrected chi connectivity index (χ3v) is 3.92. The fraction of sp³-hybridized carbons (Fsp3) is 0.529. The fourth-order valence-corrected chi connectivity index (χ4v) is 2.63. The van der Waals surface area contributed by atoms with Gasteiger partial charge in [-0.2, -0.15) is 0 Å². The normalized spacial score (nSPS) is 15.3. The lowest BCUT2D eigenvalue weighted by molar-refractivity contribution is -0.116. The zero-order valence-corrected chi connectivity index (χ0v) is 13.1. The number of ether oxygens (including phenoxy) is 1. The zero-order chi connectivity index (χ0) is 15.8. The molecule has 120 valence electrons. The van der Waals surface area contributed by atoms with Gasteiger partial charge in [-0.3, -0.25) is 4.79 Å². The van der Waals surface area contributed by atoms with Crippen molar-refractivity contribution in [2.24, 2.45) is 5.92 Å². The Labute approximate surface area is 131 Å². The van der Waals surface area contributed by atoms with Crippen LogP contribution in [-0.2, 0) is 9.53 Å². The van der Waals surface area contributed by atoms with Crippen molar-refractivity contribution in [3.05, 3.63) is 29.8 Å². The van der Waals surface area contributed by atoms with Crippen LogP contribution < -0.4 is 10.6 Å². The number of anilines is 1. The number of esters is 1. The molecule has 5 heteroatoms. The first-order valence-corrected chi connectivity index (χ1v) is 7.96. The van der Waals surface area contributed by atoms with Crippen LogP contribution in [0.5, 0.6) is 0 Å². The van der Waals surface area contributed by atoms with E-state index in [2.05, 4.69) is 10.6 Å². The molecule has 1 amide bonds. The molecule has 0 atom stereocenters. The molecular formula is C17H24N2O3. The van der Waals surface area contributed by atoms with Gasteiger partial charge in [0.1, 0.15) is 0 Å². The highest BCUT2D eigenvalue weighted by Gasteiger charge is 2.14. The molecule has 1 fully saturated rings. The third-order valence-electron chi connectivity index (χ3n) is 3.92. The molecule has 1 aliphatic heterocycles. The number of carbonyl (C=O) groups is 2. The molecule has 0 saturated carbocycles. The predicted octanol–water partition coefficient (Wildman–Crippen LogP) is 2.58. The van der Waals surface area contributed by atoms with Gasteiger partial charge in [0.15, 0.2) is 0 Å². The van der Waals surface area contributed by atoms with E-state index >= 15 is 0 Å². The molecule has 2 N–H and O–H groups in total. The number of nitrogens with one attached hydrogen (secondary N) is 2. The minimum absolute atomic E-state index is 0.0300. The van der Waals surface area contributed by atoms with E-state index in [9.17, 15) is 9.59 Å². The smallest absolute Gasteiger partial charge is 0.338 e. The monoisotopic (exact) mass is 304 g/mol. The summed E-state index contributed by atoms with van der Waals surface area (Å²) in [6, 6.07) is 6.80. The van der Waals surface area contributed by atoms with Gasteiger partial charge in [0.25, 0.3) is 0 Å². The van der Waals surface area contributed by atoms with Gasteiger partial charge in [-0.15, -0.1) is 0 Å². The molecule has 1 aromatic carbocycles. The summed E-state index contributed by atoms with van der Waals surface area (Å²) >= 11 is 0. The molecule has 5 nitrogen and oxygen atoms in total. The number of piperidine rings is 1. The van der Waals surface area contributed by atoms with Gasteiger partial charge < -0.3 is 15.4 Å². The van der Waals surface area contributed by atoms with E-state index in [1.807, 2.05) is 0 Å². The molecule has 0 spiro atoms. The minimum atomic E-state index is -0.341.